The van der Waals surface area contributed by atoms with E-state index in [0.29, 0.717) is 17.4 Å². The molecule has 0 aliphatic rings. The van der Waals surface area contributed by atoms with Crippen LogP contribution in [0.4, 0.5) is 0 Å². The van der Waals surface area contributed by atoms with E-state index in [4.69, 9.17) is 9.05 Å². The van der Waals surface area contributed by atoms with E-state index < -0.39 is 20.0 Å². The average Bonchev–Trinajstić information content (AvgIpc) is 3.10. The Bertz CT molecular complexity index is 922. The highest BCUT2D eigenvalue weighted by atomic mass is 31.2. The molecule has 0 aliphatic carbocycles. The fourth-order valence-electron chi connectivity index (χ4n) is 6.33. The van der Waals surface area contributed by atoms with Crippen molar-refractivity contribution in [3.8, 4) is 0 Å². The predicted molar refractivity (Wildman–Crippen MR) is 224 cm³/mol. The summed E-state index contributed by atoms with van der Waals surface area (Å²) in [4.78, 5) is 25.2. The number of amides is 1. The summed E-state index contributed by atoms with van der Waals surface area (Å²) in [6.45, 7) is 4.58. The van der Waals surface area contributed by atoms with Gasteiger partial charge in [-0.3, -0.25) is 9.36 Å². The normalized spacial score (nSPS) is 14.6. The van der Waals surface area contributed by atoms with Gasteiger partial charge in [-0.15, -0.1) is 0 Å². The Kier molecular flexibility index (Phi) is 35.9. The number of nitrogens with one attached hydrogen (secondary N) is 1. The van der Waals surface area contributed by atoms with E-state index >= 15 is 0 Å². The van der Waals surface area contributed by atoms with Gasteiger partial charge in [0.15, 0.2) is 0 Å². The van der Waals surface area contributed by atoms with Crippen LogP contribution in [-0.4, -0.2) is 68.5 Å². The van der Waals surface area contributed by atoms with Crippen LogP contribution in [0.5, 0.6) is 0 Å². The summed E-state index contributed by atoms with van der Waals surface area (Å²) in [5.41, 5.74) is 0. The van der Waals surface area contributed by atoms with Gasteiger partial charge in [-0.05, 0) is 38.5 Å². The third kappa shape index (κ3) is 39.0. The Morgan fingerprint density at radius 2 is 1.08 bits per heavy atom. The molecule has 1 amide bonds. The molecule has 8 nitrogen and oxygen atoms in total. The van der Waals surface area contributed by atoms with Gasteiger partial charge in [0.1, 0.15) is 13.2 Å². The topological polar surface area (TPSA) is 108 Å². The molecule has 0 spiro atoms. The van der Waals surface area contributed by atoms with Crippen LogP contribution in [-0.2, 0) is 18.4 Å². The molecule has 0 heterocycles. The van der Waals surface area contributed by atoms with Gasteiger partial charge >= 0.3 is 0 Å². The summed E-state index contributed by atoms with van der Waals surface area (Å²) in [7, 11) is 1.26. The van der Waals surface area contributed by atoms with Gasteiger partial charge in [0.2, 0.25) is 5.91 Å². The molecule has 0 aliphatic heterocycles. The van der Waals surface area contributed by atoms with E-state index in [1.807, 2.05) is 27.2 Å². The van der Waals surface area contributed by atoms with Crippen LogP contribution in [0.3, 0.4) is 0 Å². The lowest BCUT2D eigenvalue weighted by Gasteiger charge is -2.29. The number of unbranched alkanes of at least 4 members (excludes halogenated alkanes) is 25. The fraction of sp³-hybridized carbons (Fsp3) is 0.886. The van der Waals surface area contributed by atoms with Crippen LogP contribution in [0, 0.1) is 0 Å². The van der Waals surface area contributed by atoms with Gasteiger partial charge in [0, 0.05) is 6.42 Å². The first-order valence-electron chi connectivity index (χ1n) is 22.2. The molecule has 3 atom stereocenters. The number of nitrogens with zero attached hydrogens (tertiary/aromatic N) is 1. The molecule has 0 fully saturated rings. The molecular weight excluding hydrogens is 683 g/mol. The largest absolute Gasteiger partial charge is 0.756 e. The summed E-state index contributed by atoms with van der Waals surface area (Å²) >= 11 is 0. The fourth-order valence-corrected chi connectivity index (χ4v) is 7.05. The quantitative estimate of drug-likeness (QED) is 0.0278. The van der Waals surface area contributed by atoms with Crippen molar-refractivity contribution in [1.29, 1.82) is 0 Å². The minimum Gasteiger partial charge on any atom is -0.756 e. The van der Waals surface area contributed by atoms with Gasteiger partial charge < -0.3 is 28.8 Å². The standard InChI is InChI=1S/C44H87N2O6P/c1-6-8-10-12-14-16-18-19-20-21-22-23-24-25-26-27-28-29-31-33-35-37-43(47)42(41-52-53(49,50)51-40-39-46(3,4)5)45-44(48)38-36-34-32-30-17-15-13-11-9-7-2/h11,13,35,37,42-43,47H,6-10,12,14-34,36,38-41H2,1-5H3,(H-,45,48,49,50)/b13-11-,37-35+. The minimum atomic E-state index is -4.58. The number of likely N-dealkylation sites (N-methyl/N-ethyl adjacent to an activating group) is 1. The number of aliphatic hydroxyl groups excluding tert-OH is 1. The lowest BCUT2D eigenvalue weighted by Crippen LogP contribution is -2.45. The maximum Gasteiger partial charge on any atom is 0.268 e. The first-order valence-corrected chi connectivity index (χ1v) is 23.7. The second kappa shape index (κ2) is 36.6. The van der Waals surface area contributed by atoms with Crippen LogP contribution in [0.15, 0.2) is 24.3 Å². The summed E-state index contributed by atoms with van der Waals surface area (Å²) < 4.78 is 23.1. The Morgan fingerprint density at radius 1 is 0.642 bits per heavy atom. The molecule has 0 saturated carbocycles. The van der Waals surface area contributed by atoms with E-state index in [9.17, 15) is 19.4 Å². The van der Waals surface area contributed by atoms with Crippen molar-refractivity contribution in [3.05, 3.63) is 24.3 Å². The molecule has 3 unspecified atom stereocenters. The third-order valence-corrected chi connectivity index (χ3v) is 10.9. The van der Waals surface area contributed by atoms with Crippen LogP contribution < -0.4 is 10.2 Å². The van der Waals surface area contributed by atoms with Crippen molar-refractivity contribution < 1.29 is 32.9 Å². The molecule has 2 N–H and O–H groups in total. The molecule has 0 radical (unpaired) electrons. The van der Waals surface area contributed by atoms with Crippen molar-refractivity contribution in [3.63, 3.8) is 0 Å². The first-order chi connectivity index (χ1) is 25.5. The number of carbonyl (C=O) groups excluding carboxylic acids is 1. The molecule has 0 saturated heterocycles. The zero-order chi connectivity index (χ0) is 39.3. The lowest BCUT2D eigenvalue weighted by atomic mass is 10.0. The molecule has 9 heteroatoms. The van der Waals surface area contributed by atoms with Gasteiger partial charge in [0.05, 0.1) is 39.9 Å². The molecule has 53 heavy (non-hydrogen) atoms. The molecule has 0 aromatic carbocycles. The zero-order valence-electron chi connectivity index (χ0n) is 35.5. The predicted octanol–water partition coefficient (Wildman–Crippen LogP) is 11.5. The van der Waals surface area contributed by atoms with Crippen LogP contribution in [0.25, 0.3) is 0 Å². The van der Waals surface area contributed by atoms with Crippen LogP contribution >= 0.6 is 7.82 Å². The third-order valence-electron chi connectivity index (χ3n) is 9.89. The highest BCUT2D eigenvalue weighted by Gasteiger charge is 2.23. The van der Waals surface area contributed by atoms with Crippen LogP contribution in [0.2, 0.25) is 0 Å². The average molecular weight is 771 g/mol. The van der Waals surface area contributed by atoms with Crippen molar-refractivity contribution in [1.82, 2.24) is 5.32 Å². The maximum absolute atomic E-state index is 12.8. The number of aliphatic hydroxyl groups is 1. The van der Waals surface area contributed by atoms with E-state index in [2.05, 4.69) is 31.3 Å². The van der Waals surface area contributed by atoms with E-state index in [1.54, 1.807) is 6.08 Å². The maximum atomic E-state index is 12.8. The zero-order valence-corrected chi connectivity index (χ0v) is 36.4. The van der Waals surface area contributed by atoms with E-state index in [0.717, 1.165) is 64.2 Å². The second-order valence-electron chi connectivity index (χ2n) is 16.4. The van der Waals surface area contributed by atoms with Gasteiger partial charge in [0.25, 0.3) is 7.82 Å². The number of hydrogen-bond donors (Lipinski definition) is 2. The number of rotatable bonds is 40. The summed E-state index contributed by atoms with van der Waals surface area (Å²) in [6, 6.07) is -0.886. The number of quaternary nitrogens is 1. The Balaban J connectivity index is 4.32. The molecular formula is C44H87N2O6P. The van der Waals surface area contributed by atoms with Gasteiger partial charge in [-0.1, -0.05) is 179 Å². The SMILES string of the molecule is CCC/C=C\CCCCCCCC(=O)NC(COP(=O)([O-])OCC[N+](C)(C)C)C(O)/C=C/CCCCCCCCCCCCCCCCCCCCC. The molecule has 314 valence electrons. The van der Waals surface area contributed by atoms with Gasteiger partial charge in [-0.25, -0.2) is 0 Å². The summed E-state index contributed by atoms with van der Waals surface area (Å²) in [6.07, 6.45) is 42.3. The number of hydrogen-bond acceptors (Lipinski definition) is 6. The van der Waals surface area contributed by atoms with Gasteiger partial charge in [-0.2, -0.15) is 0 Å². The molecule has 0 aromatic rings. The van der Waals surface area contributed by atoms with Crippen LogP contribution in [0.1, 0.15) is 200 Å². The first kappa shape index (κ1) is 52.0. The molecule has 0 aromatic heterocycles. The summed E-state index contributed by atoms with van der Waals surface area (Å²) in [5.74, 6) is -0.209. The number of phosphoric acid groups is 1. The molecule has 0 rings (SSSR count). The number of allylic oxidation sites excluding steroid dienone is 3. The Hall–Kier alpha value is -1.02. The van der Waals surface area contributed by atoms with E-state index in [1.165, 1.54) is 116 Å². The van der Waals surface area contributed by atoms with Crippen molar-refractivity contribution in [2.75, 3.05) is 40.9 Å². The Morgan fingerprint density at radius 3 is 1.55 bits per heavy atom. The highest BCUT2D eigenvalue weighted by molar-refractivity contribution is 7.45. The highest BCUT2D eigenvalue weighted by Crippen LogP contribution is 2.38. The smallest absolute Gasteiger partial charge is 0.268 e. The number of carbonyl (C=O) groups is 1. The second-order valence-corrected chi connectivity index (χ2v) is 17.8. The van der Waals surface area contributed by atoms with Crippen molar-refractivity contribution in [2.24, 2.45) is 0 Å². The summed E-state index contributed by atoms with van der Waals surface area (Å²) in [5, 5.41) is 13.7. The van der Waals surface area contributed by atoms with Crippen molar-refractivity contribution >= 4 is 13.7 Å². The molecule has 0 bridgehead atoms. The van der Waals surface area contributed by atoms with E-state index in [-0.39, 0.29) is 19.1 Å². The van der Waals surface area contributed by atoms with Crippen molar-refractivity contribution in [2.45, 2.75) is 212 Å². The Labute approximate surface area is 328 Å². The number of phosphoric ester groups is 1. The lowest BCUT2D eigenvalue weighted by molar-refractivity contribution is -0.870. The monoisotopic (exact) mass is 771 g/mol. The minimum absolute atomic E-state index is 0.00176.